The van der Waals surface area contributed by atoms with Gasteiger partial charge in [0.1, 0.15) is 12.3 Å². The van der Waals surface area contributed by atoms with Crippen molar-refractivity contribution < 1.29 is 19.1 Å². The van der Waals surface area contributed by atoms with Crippen LogP contribution in [-0.4, -0.2) is 48.4 Å². The first kappa shape index (κ1) is 18.2. The van der Waals surface area contributed by atoms with Gasteiger partial charge in [-0.25, -0.2) is 0 Å². The number of anilines is 2. The van der Waals surface area contributed by atoms with Gasteiger partial charge < -0.3 is 15.0 Å². The van der Waals surface area contributed by atoms with Crippen molar-refractivity contribution >= 4 is 29.1 Å². The van der Waals surface area contributed by atoms with E-state index in [-0.39, 0.29) is 24.3 Å². The van der Waals surface area contributed by atoms with Crippen LogP contribution in [0.5, 0.6) is 5.75 Å². The smallest absolute Gasteiger partial charge is 0.268 e. The van der Waals surface area contributed by atoms with Crippen LogP contribution >= 0.6 is 0 Å². The summed E-state index contributed by atoms with van der Waals surface area (Å²) < 4.78 is 5.78. The summed E-state index contributed by atoms with van der Waals surface area (Å²) in [5.41, 5.74) is 1.09. The van der Waals surface area contributed by atoms with E-state index >= 15 is 0 Å². The van der Waals surface area contributed by atoms with E-state index in [0.717, 1.165) is 32.4 Å². The second-order valence-electron chi connectivity index (χ2n) is 6.74. The first-order valence-corrected chi connectivity index (χ1v) is 9.17. The third-order valence-electron chi connectivity index (χ3n) is 4.75. The van der Waals surface area contributed by atoms with Crippen molar-refractivity contribution in [1.82, 2.24) is 4.90 Å². The predicted octanol–water partition coefficient (Wildman–Crippen LogP) is 2.16. The van der Waals surface area contributed by atoms with Crippen LogP contribution < -0.4 is 15.0 Å². The summed E-state index contributed by atoms with van der Waals surface area (Å²) in [6.07, 6.45) is 3.08. The zero-order valence-electron chi connectivity index (χ0n) is 15.3. The Hall–Kier alpha value is -2.57. The van der Waals surface area contributed by atoms with Crippen molar-refractivity contribution in [2.75, 3.05) is 29.9 Å². The number of carbonyl (C=O) groups is 3. The minimum Gasteiger partial charge on any atom is -0.478 e. The second-order valence-corrected chi connectivity index (χ2v) is 6.74. The molecule has 26 heavy (non-hydrogen) atoms. The first-order valence-electron chi connectivity index (χ1n) is 9.17. The standard InChI is InChI=1S/C19H25N3O4/c1-3-16-19(25)22(12-18(24)21-9-5-4-6-10-21)15-11-14(20-13(2)23)7-8-17(15)26-16/h7-8,11,16H,3-6,9-10,12H2,1-2H3,(H,20,23). The van der Waals surface area contributed by atoms with Crippen LogP contribution in [0.2, 0.25) is 0 Å². The lowest BCUT2D eigenvalue weighted by Gasteiger charge is -2.36. The molecule has 0 spiro atoms. The Morgan fingerprint density at radius 2 is 1.96 bits per heavy atom. The van der Waals surface area contributed by atoms with E-state index in [9.17, 15) is 14.4 Å². The Balaban J connectivity index is 1.87. The van der Waals surface area contributed by atoms with Crippen molar-refractivity contribution in [3.63, 3.8) is 0 Å². The maximum Gasteiger partial charge on any atom is 0.268 e. The average Bonchev–Trinajstić information content (AvgIpc) is 2.64. The number of nitrogens with zero attached hydrogens (tertiary/aromatic N) is 2. The third-order valence-corrected chi connectivity index (χ3v) is 4.75. The fourth-order valence-electron chi connectivity index (χ4n) is 3.40. The van der Waals surface area contributed by atoms with Gasteiger partial charge >= 0.3 is 0 Å². The number of rotatable bonds is 4. The van der Waals surface area contributed by atoms with Gasteiger partial charge in [-0.05, 0) is 43.9 Å². The predicted molar refractivity (Wildman–Crippen MR) is 98.2 cm³/mol. The topological polar surface area (TPSA) is 79.0 Å². The normalized spacial score (nSPS) is 19.6. The lowest BCUT2D eigenvalue weighted by Crippen LogP contribution is -2.51. The largest absolute Gasteiger partial charge is 0.478 e. The zero-order chi connectivity index (χ0) is 18.7. The lowest BCUT2D eigenvalue weighted by molar-refractivity contribution is -0.134. The Bertz CT molecular complexity index is 713. The molecule has 1 aromatic carbocycles. The molecule has 0 aromatic heterocycles. The summed E-state index contributed by atoms with van der Waals surface area (Å²) in [6, 6.07) is 5.14. The van der Waals surface area contributed by atoms with Crippen molar-refractivity contribution in [3.8, 4) is 5.75 Å². The summed E-state index contributed by atoms with van der Waals surface area (Å²) >= 11 is 0. The van der Waals surface area contributed by atoms with Crippen molar-refractivity contribution in [2.24, 2.45) is 0 Å². The Morgan fingerprint density at radius 1 is 1.23 bits per heavy atom. The fourth-order valence-corrected chi connectivity index (χ4v) is 3.40. The van der Waals surface area contributed by atoms with Gasteiger partial charge in [0.15, 0.2) is 6.10 Å². The molecular weight excluding hydrogens is 334 g/mol. The van der Waals surface area contributed by atoms with Gasteiger partial charge in [0.05, 0.1) is 5.69 Å². The SMILES string of the molecule is CCC1Oc2ccc(NC(C)=O)cc2N(CC(=O)N2CCCCC2)C1=O. The quantitative estimate of drug-likeness (QED) is 0.893. The number of nitrogens with one attached hydrogen (secondary N) is 1. The van der Waals surface area contributed by atoms with E-state index in [0.29, 0.717) is 23.5 Å². The summed E-state index contributed by atoms with van der Waals surface area (Å²) in [7, 11) is 0. The van der Waals surface area contributed by atoms with Gasteiger partial charge in [-0.15, -0.1) is 0 Å². The highest BCUT2D eigenvalue weighted by Gasteiger charge is 2.35. The van der Waals surface area contributed by atoms with E-state index in [4.69, 9.17) is 4.74 Å². The van der Waals surface area contributed by atoms with Gasteiger partial charge in [-0.2, -0.15) is 0 Å². The van der Waals surface area contributed by atoms with Gasteiger partial charge in [-0.3, -0.25) is 19.3 Å². The molecule has 2 aliphatic heterocycles. The maximum atomic E-state index is 12.8. The van der Waals surface area contributed by atoms with Gasteiger partial charge in [0.2, 0.25) is 11.8 Å². The molecule has 0 saturated carbocycles. The highest BCUT2D eigenvalue weighted by Crippen LogP contribution is 2.37. The highest BCUT2D eigenvalue weighted by molar-refractivity contribution is 6.04. The summed E-state index contributed by atoms with van der Waals surface area (Å²) in [5.74, 6) is 0.0865. The van der Waals surface area contributed by atoms with Crippen LogP contribution in [0.1, 0.15) is 39.5 Å². The number of hydrogen-bond donors (Lipinski definition) is 1. The molecule has 1 fully saturated rings. The molecule has 2 aliphatic rings. The number of carbonyl (C=O) groups excluding carboxylic acids is 3. The molecule has 0 aliphatic carbocycles. The minimum absolute atomic E-state index is 0.00474. The molecule has 1 atom stereocenters. The zero-order valence-corrected chi connectivity index (χ0v) is 15.3. The summed E-state index contributed by atoms with van der Waals surface area (Å²) in [6.45, 7) is 4.78. The van der Waals surface area contributed by atoms with Gasteiger partial charge in [0, 0.05) is 25.7 Å². The molecule has 1 N–H and O–H groups in total. The van der Waals surface area contributed by atoms with Crippen molar-refractivity contribution in [3.05, 3.63) is 18.2 Å². The second kappa shape index (κ2) is 7.76. The Kier molecular flexibility index (Phi) is 5.44. The summed E-state index contributed by atoms with van der Waals surface area (Å²) in [4.78, 5) is 40.2. The van der Waals surface area contributed by atoms with Crippen LogP contribution in [0.3, 0.4) is 0 Å². The van der Waals surface area contributed by atoms with Crippen LogP contribution in [0.15, 0.2) is 18.2 Å². The lowest BCUT2D eigenvalue weighted by atomic mass is 10.1. The van der Waals surface area contributed by atoms with E-state index in [1.165, 1.54) is 11.8 Å². The molecule has 0 bridgehead atoms. The minimum atomic E-state index is -0.594. The van der Waals surface area contributed by atoms with E-state index in [1.54, 1.807) is 18.2 Å². The van der Waals surface area contributed by atoms with Crippen LogP contribution in [0.25, 0.3) is 0 Å². The highest BCUT2D eigenvalue weighted by atomic mass is 16.5. The average molecular weight is 359 g/mol. The molecular formula is C19H25N3O4. The van der Waals surface area contributed by atoms with Crippen molar-refractivity contribution in [2.45, 2.75) is 45.6 Å². The Labute approximate surface area is 153 Å². The number of benzene rings is 1. The van der Waals surface area contributed by atoms with Crippen LogP contribution in [0.4, 0.5) is 11.4 Å². The fraction of sp³-hybridized carbons (Fsp3) is 0.526. The molecule has 7 nitrogen and oxygen atoms in total. The van der Waals surface area contributed by atoms with E-state index in [1.807, 2.05) is 11.8 Å². The molecule has 3 rings (SSSR count). The van der Waals surface area contributed by atoms with Crippen LogP contribution in [-0.2, 0) is 14.4 Å². The molecule has 1 aromatic rings. The number of fused-ring (bicyclic) bond motifs is 1. The van der Waals surface area contributed by atoms with E-state index in [2.05, 4.69) is 5.32 Å². The molecule has 1 unspecified atom stereocenters. The first-order chi connectivity index (χ1) is 12.5. The number of likely N-dealkylation sites (tertiary alicyclic amines) is 1. The van der Waals surface area contributed by atoms with Crippen LogP contribution in [0, 0.1) is 0 Å². The molecule has 1 saturated heterocycles. The van der Waals surface area contributed by atoms with Gasteiger partial charge in [0.25, 0.3) is 5.91 Å². The number of hydrogen-bond acceptors (Lipinski definition) is 4. The maximum absolute atomic E-state index is 12.8. The Morgan fingerprint density at radius 3 is 2.62 bits per heavy atom. The monoisotopic (exact) mass is 359 g/mol. The molecule has 2 heterocycles. The number of ether oxygens (including phenoxy) is 1. The van der Waals surface area contributed by atoms with Crippen molar-refractivity contribution in [1.29, 1.82) is 0 Å². The molecule has 3 amide bonds. The van der Waals surface area contributed by atoms with E-state index < -0.39 is 6.10 Å². The third kappa shape index (κ3) is 3.81. The molecule has 0 radical (unpaired) electrons. The molecule has 140 valence electrons. The molecule has 7 heteroatoms. The summed E-state index contributed by atoms with van der Waals surface area (Å²) in [5, 5.41) is 2.70. The number of piperidine rings is 1. The number of amides is 3. The van der Waals surface area contributed by atoms with Gasteiger partial charge in [-0.1, -0.05) is 6.92 Å².